The molecule has 0 spiro atoms. The van der Waals surface area contributed by atoms with Gasteiger partial charge in [0.25, 0.3) is 0 Å². The molecule has 2 N–H and O–H groups in total. The Morgan fingerprint density at radius 3 is 2.97 bits per heavy atom. The van der Waals surface area contributed by atoms with Crippen LogP contribution in [0.5, 0.6) is 0 Å². The van der Waals surface area contributed by atoms with Gasteiger partial charge in [-0.2, -0.15) is 0 Å². The minimum atomic E-state index is -5.57. The van der Waals surface area contributed by atoms with E-state index in [1.54, 1.807) is 0 Å². The molecule has 0 aromatic heterocycles. The summed E-state index contributed by atoms with van der Waals surface area (Å²) in [5.74, 6) is -14.1. The molecular weight excluding hydrogens is 376 g/mol. The lowest BCUT2D eigenvalue weighted by Gasteiger charge is -2.22. The summed E-state index contributed by atoms with van der Waals surface area (Å²) in [4.78, 5) is 13.0. The fourth-order valence-corrected chi connectivity index (χ4v) is 1.58. The normalized spacial score (nSPS) is 62.7. The third-order valence-electron chi connectivity index (χ3n) is 2.67. The summed E-state index contributed by atoms with van der Waals surface area (Å²) in [6, 6.07) is -12.8. The number of ether oxygens (including phenoxy) is 1. The highest BCUT2D eigenvalue weighted by molar-refractivity contribution is 5.69. The Hall–Kier alpha value is -1.65. The van der Waals surface area contributed by atoms with Crippen molar-refractivity contribution in [3.63, 3.8) is 0 Å². The van der Waals surface area contributed by atoms with Crippen LogP contribution in [0.3, 0.4) is 0 Å². The molecule has 4 heteroatoms. The molecule has 0 radical (unpaired) electrons. The SMILES string of the molecule is [2H]O[C@@]1([2H])C([2H])([2H])[C@@]([2H])(O[2H])[C@]([2H])(C([2H])([2H])C([2H])([2H])C([2H])([2H])C([2H])([2H])C([2H])([2H])c2c([2H])c([2H])c([2H])c([2H])c2[2H])[C@@]1([2H])C([2H])([2H])/C([2H])=C(/[2H])C([2H])([3H])C([2H])([2H])C([2H])([2H])C(=O)OC([2H])(C([2H])([2H])[2H])C([2H])([2H])[2H]. The van der Waals surface area contributed by atoms with Gasteiger partial charge in [-0.05, 0) is 75.7 Å². The molecule has 4 nitrogen and oxygen atoms in total. The van der Waals surface area contributed by atoms with Crippen LogP contribution in [0.2, 0.25) is 0 Å². The summed E-state index contributed by atoms with van der Waals surface area (Å²) >= 11 is 0. The van der Waals surface area contributed by atoms with E-state index in [4.69, 9.17) is 52.2 Å². The quantitative estimate of drug-likeness (QED) is 0.280. The van der Waals surface area contributed by atoms with Crippen molar-refractivity contribution in [2.45, 2.75) is 95.7 Å². The van der Waals surface area contributed by atoms with Crippen molar-refractivity contribution in [2.75, 3.05) is 0 Å². The molecule has 1 fully saturated rings. The summed E-state index contributed by atoms with van der Waals surface area (Å²) in [6.45, 7) is -8.43. The largest absolute Gasteiger partial charge is 0.463 e. The van der Waals surface area contributed by atoms with Crippen LogP contribution in [0, 0.1) is 11.8 Å². The van der Waals surface area contributed by atoms with E-state index in [1.807, 2.05) is 0 Å². The van der Waals surface area contributed by atoms with Crippen molar-refractivity contribution in [1.82, 2.24) is 0 Å². The fourth-order valence-electron chi connectivity index (χ4n) is 1.58. The second kappa shape index (κ2) is 13.6. The van der Waals surface area contributed by atoms with Crippen molar-refractivity contribution in [3.05, 3.63) is 47.9 Å². The summed E-state index contributed by atoms with van der Waals surface area (Å²) in [5, 5.41) is 7.89. The van der Waals surface area contributed by atoms with Gasteiger partial charge < -0.3 is 15.0 Å². The van der Waals surface area contributed by atoms with Crippen LogP contribution in [-0.2, 0) is 15.9 Å². The van der Waals surface area contributed by atoms with Crippen LogP contribution < -0.4 is 0 Å². The van der Waals surface area contributed by atoms with E-state index < -0.39 is 161 Å². The zero-order valence-electron chi connectivity index (χ0n) is 54.6. The van der Waals surface area contributed by atoms with Gasteiger partial charge in [-0.1, -0.05) is 55.1 Å². The van der Waals surface area contributed by atoms with Crippen LogP contribution in [0.4, 0.5) is 0 Å². The van der Waals surface area contributed by atoms with Crippen LogP contribution >= 0.6 is 0 Å². The number of benzene rings is 1. The van der Waals surface area contributed by atoms with Crippen LogP contribution in [0.15, 0.2) is 42.3 Å². The second-order valence-electron chi connectivity index (χ2n) is 4.63. The van der Waals surface area contributed by atoms with Crippen molar-refractivity contribution in [2.24, 2.45) is 11.8 Å². The molecule has 1 saturated carbocycles. The Kier molecular flexibility index (Phi) is 2.00. The summed E-state index contributed by atoms with van der Waals surface area (Å²) < 4.78 is 335. The maximum absolute atomic E-state index is 13.0. The van der Waals surface area contributed by atoms with E-state index in [9.17, 15) is 7.54 Å². The van der Waals surface area contributed by atoms with Gasteiger partial charge in [0.1, 0.15) is 0 Å². The van der Waals surface area contributed by atoms with Crippen LogP contribution in [0.1, 0.15) is 129 Å². The molecule has 1 aliphatic rings. The monoisotopic (exact) mass is 458 g/mol. The van der Waals surface area contributed by atoms with Gasteiger partial charge in [0, 0.05) is 44.8 Å². The third kappa shape index (κ3) is 9.01. The van der Waals surface area contributed by atoms with Gasteiger partial charge in [-0.25, -0.2) is 0 Å². The average molecular weight is 458 g/mol. The lowest BCUT2D eigenvalue weighted by molar-refractivity contribution is -0.147. The van der Waals surface area contributed by atoms with E-state index >= 15 is 0 Å². The van der Waals surface area contributed by atoms with Gasteiger partial charge in [-0.15, -0.1) is 0 Å². The predicted octanol–water partition coefficient (Wildman–Crippen LogP) is 5.22. The smallest absolute Gasteiger partial charge is 0.306 e. The molecule has 5 atom stereocenters. The first kappa shape index (κ1) is 4.41. The van der Waals surface area contributed by atoms with Crippen molar-refractivity contribution < 1.29 is 71.8 Å². The first-order chi connectivity index (χ1) is 30.2. The van der Waals surface area contributed by atoms with Crippen molar-refractivity contribution in [1.29, 1.82) is 2.86 Å². The standard InChI is InChI=1S/C26H40O4/c1-20(2)30-26(29)18-12-4-3-10-16-22-23(25(28)19-24(22)27)17-11-6-9-15-21-13-7-5-8-14-21/h3,5,7-8,10,13-14,20,22-25,27-28H,4,6,9,11-12,15-19H2,1-2H3/b10-3-/t22-,23-,24+,25-/m1/s1/i1D3,2D3,3D,4TD,5D,6D2,7D,8D,9D2,10D,11D2,12D2,13D,14D,15D2,16D2,17D2,18D2,19D2,20D,22D,23D,24D,25D,27D,28D/t4?,22-,23-,24+,25-. The minimum absolute atomic E-state index is 1.23. The number of hydrogen-bond acceptors (Lipinski definition) is 4. The van der Waals surface area contributed by atoms with E-state index in [2.05, 4.69) is 15.0 Å². The van der Waals surface area contributed by atoms with Crippen LogP contribution in [-0.4, -0.2) is 37.3 Å². The zero-order valence-corrected chi connectivity index (χ0v) is 14.6. The lowest BCUT2D eigenvalue weighted by Crippen LogP contribution is -2.21. The number of allylic oxidation sites excluding steroid dienone is 2. The number of carbonyl (C=O) groups is 1. The van der Waals surface area contributed by atoms with Gasteiger partial charge in [-0.3, -0.25) is 4.79 Å². The van der Waals surface area contributed by atoms with Crippen molar-refractivity contribution in [3.8, 4) is 0 Å². The molecule has 0 saturated heterocycles. The van der Waals surface area contributed by atoms with E-state index in [-0.39, 0.29) is 0 Å². The molecule has 0 aliphatic heterocycles. The molecule has 1 aromatic rings. The molecule has 2 rings (SSSR count). The Bertz CT molecular complexity index is 2220. The molecule has 0 heterocycles. The minimum Gasteiger partial charge on any atom is -0.463 e. The predicted molar refractivity (Wildman–Crippen MR) is 121 cm³/mol. The molecule has 1 aliphatic carbocycles. The number of hydrogen-bond donors (Lipinski definition) is 2. The van der Waals surface area contributed by atoms with Gasteiger partial charge in [0.05, 0.1) is 31.9 Å². The van der Waals surface area contributed by atoms with Crippen LogP contribution in [0.25, 0.3) is 0 Å². The third-order valence-corrected chi connectivity index (χ3v) is 2.67. The molecule has 1 unspecified atom stereocenters. The molecule has 1 aromatic carbocycles. The number of esters is 1. The number of aliphatic hydroxyl groups is 2. The maximum atomic E-state index is 13.0. The first-order valence-electron chi connectivity index (χ1n) is 27.3. The molecule has 30 heavy (non-hydrogen) atoms. The Morgan fingerprint density at radius 1 is 1.40 bits per heavy atom. The average Bonchev–Trinajstić information content (AvgIpc) is 3.28. The Labute approximate surface area is 238 Å². The van der Waals surface area contributed by atoms with Crippen molar-refractivity contribution >= 4 is 5.97 Å². The molecule has 168 valence electrons. The zero-order chi connectivity index (χ0) is 56.8. The Morgan fingerprint density at radius 2 is 2.20 bits per heavy atom. The van der Waals surface area contributed by atoms with Gasteiger partial charge in [0.2, 0.25) is 2.86 Å². The number of carbonyl (C=O) groups excluding carboxylic acids is 1. The molecule has 0 amide bonds. The summed E-state index contributed by atoms with van der Waals surface area (Å²) in [5.41, 5.74) is -1.77. The first-order valence-corrected chi connectivity index (χ1v) is 7.52. The molecular formula is C26H40O4. The number of rotatable bonds is 15. The maximum Gasteiger partial charge on any atom is 0.306 e. The Balaban J connectivity index is 3.26. The fraction of sp³-hybridized carbons (Fsp3) is 0.654. The van der Waals surface area contributed by atoms with Gasteiger partial charge >= 0.3 is 5.97 Å². The summed E-state index contributed by atoms with van der Waals surface area (Å²) in [6.07, 6.45) is -65.2. The highest BCUT2D eigenvalue weighted by Gasteiger charge is 2.40. The van der Waals surface area contributed by atoms with E-state index in [1.165, 1.54) is 0 Å². The van der Waals surface area contributed by atoms with E-state index in [0.29, 0.717) is 0 Å². The van der Waals surface area contributed by atoms with E-state index in [0.717, 1.165) is 0 Å². The topological polar surface area (TPSA) is 66.8 Å². The van der Waals surface area contributed by atoms with Gasteiger partial charge in [0.15, 0.2) is 0 Å². The molecule has 0 bridgehead atoms. The highest BCUT2D eigenvalue weighted by atomic mass is 16.5. The second-order valence-corrected chi connectivity index (χ2v) is 4.63. The lowest BCUT2D eigenvalue weighted by atomic mass is 9.86. The highest BCUT2D eigenvalue weighted by Crippen LogP contribution is 2.38. The summed E-state index contributed by atoms with van der Waals surface area (Å²) in [7, 11) is 0.